The van der Waals surface area contributed by atoms with Gasteiger partial charge in [0.1, 0.15) is 5.82 Å². The molecular formula is C13H9FO2S. The Hall–Kier alpha value is -1.81. The molecule has 0 saturated heterocycles. The van der Waals surface area contributed by atoms with Crippen molar-refractivity contribution in [3.8, 4) is 0 Å². The van der Waals surface area contributed by atoms with Gasteiger partial charge in [-0.25, -0.2) is 4.39 Å². The lowest BCUT2D eigenvalue weighted by Gasteiger charge is -1.99. The molecular weight excluding hydrogens is 239 g/mol. The molecule has 0 bridgehead atoms. The third kappa shape index (κ3) is 2.85. The van der Waals surface area contributed by atoms with Crippen molar-refractivity contribution in [3.05, 3.63) is 58.0 Å². The van der Waals surface area contributed by atoms with Crippen molar-refractivity contribution in [3.63, 3.8) is 0 Å². The van der Waals surface area contributed by atoms with E-state index in [0.29, 0.717) is 4.88 Å². The lowest BCUT2D eigenvalue weighted by atomic mass is 10.1. The Balaban J connectivity index is 2.10. The molecule has 2 nitrogen and oxygen atoms in total. The normalized spacial score (nSPS) is 10.2. The SMILES string of the molecule is O=C(CC(=O)c1cccs1)c1cccc(F)c1. The Morgan fingerprint density at radius 1 is 1.12 bits per heavy atom. The van der Waals surface area contributed by atoms with Crippen LogP contribution in [0.25, 0.3) is 0 Å². The van der Waals surface area contributed by atoms with E-state index in [4.69, 9.17) is 0 Å². The van der Waals surface area contributed by atoms with Crippen LogP contribution in [0.5, 0.6) is 0 Å². The van der Waals surface area contributed by atoms with Crippen LogP contribution in [-0.4, -0.2) is 11.6 Å². The van der Waals surface area contributed by atoms with Crippen molar-refractivity contribution in [2.24, 2.45) is 0 Å². The molecule has 1 heterocycles. The van der Waals surface area contributed by atoms with E-state index < -0.39 is 5.82 Å². The Bertz CT molecular complexity index is 546. The maximum absolute atomic E-state index is 12.9. The molecule has 2 aromatic rings. The number of carbonyl (C=O) groups excluding carboxylic acids is 2. The van der Waals surface area contributed by atoms with Crippen molar-refractivity contribution in [2.45, 2.75) is 6.42 Å². The summed E-state index contributed by atoms with van der Waals surface area (Å²) < 4.78 is 12.9. The summed E-state index contributed by atoms with van der Waals surface area (Å²) in [5.74, 6) is -1.06. The Labute approximate surface area is 102 Å². The summed E-state index contributed by atoms with van der Waals surface area (Å²) in [5.41, 5.74) is 0.231. The van der Waals surface area contributed by atoms with Gasteiger partial charge in [-0.05, 0) is 23.6 Å². The van der Waals surface area contributed by atoms with Crippen molar-refractivity contribution >= 4 is 22.9 Å². The molecule has 0 aliphatic rings. The Morgan fingerprint density at radius 2 is 1.94 bits per heavy atom. The van der Waals surface area contributed by atoms with Gasteiger partial charge in [-0.1, -0.05) is 18.2 Å². The van der Waals surface area contributed by atoms with E-state index in [-0.39, 0.29) is 23.6 Å². The second-order valence-electron chi connectivity index (χ2n) is 3.51. The quantitative estimate of drug-likeness (QED) is 0.614. The second-order valence-corrected chi connectivity index (χ2v) is 4.46. The van der Waals surface area contributed by atoms with E-state index >= 15 is 0 Å². The van der Waals surface area contributed by atoms with Gasteiger partial charge in [0, 0.05) is 5.56 Å². The number of carbonyl (C=O) groups is 2. The molecule has 0 saturated carbocycles. The van der Waals surface area contributed by atoms with Crippen LogP contribution in [0.3, 0.4) is 0 Å². The number of ketones is 2. The second kappa shape index (κ2) is 5.01. The molecule has 0 aliphatic heterocycles. The van der Waals surface area contributed by atoms with Gasteiger partial charge in [0.15, 0.2) is 11.6 Å². The van der Waals surface area contributed by atoms with Crippen molar-refractivity contribution in [1.29, 1.82) is 0 Å². The zero-order valence-corrected chi connectivity index (χ0v) is 9.67. The number of thiophene rings is 1. The molecule has 0 amide bonds. The topological polar surface area (TPSA) is 34.1 Å². The lowest BCUT2D eigenvalue weighted by molar-refractivity contribution is 0.0896. The van der Waals surface area contributed by atoms with Crippen LogP contribution in [0.4, 0.5) is 4.39 Å². The van der Waals surface area contributed by atoms with E-state index in [2.05, 4.69) is 0 Å². The van der Waals surface area contributed by atoms with E-state index in [1.807, 2.05) is 0 Å². The fourth-order valence-electron chi connectivity index (χ4n) is 1.43. The number of rotatable bonds is 4. The lowest BCUT2D eigenvalue weighted by Crippen LogP contribution is -2.07. The van der Waals surface area contributed by atoms with E-state index in [1.54, 1.807) is 17.5 Å². The zero-order chi connectivity index (χ0) is 12.3. The molecule has 0 spiro atoms. The minimum Gasteiger partial charge on any atom is -0.294 e. The van der Waals surface area contributed by atoms with Crippen LogP contribution in [0.1, 0.15) is 26.5 Å². The van der Waals surface area contributed by atoms with Gasteiger partial charge < -0.3 is 0 Å². The van der Waals surface area contributed by atoms with Crippen LogP contribution in [0.2, 0.25) is 0 Å². The molecule has 4 heteroatoms. The van der Waals surface area contributed by atoms with Gasteiger partial charge in [0.25, 0.3) is 0 Å². The molecule has 0 radical (unpaired) electrons. The maximum atomic E-state index is 12.9. The van der Waals surface area contributed by atoms with Crippen LogP contribution < -0.4 is 0 Å². The third-order valence-corrected chi connectivity index (χ3v) is 3.17. The first-order valence-corrected chi connectivity index (χ1v) is 5.90. The summed E-state index contributed by atoms with van der Waals surface area (Å²) in [4.78, 5) is 23.9. The summed E-state index contributed by atoms with van der Waals surface area (Å²) in [6.45, 7) is 0. The summed E-state index contributed by atoms with van der Waals surface area (Å²) in [6.07, 6.45) is -0.218. The number of halogens is 1. The first-order chi connectivity index (χ1) is 8.16. The highest BCUT2D eigenvalue weighted by Gasteiger charge is 2.14. The molecule has 0 N–H and O–H groups in total. The minimum absolute atomic E-state index is 0.218. The van der Waals surface area contributed by atoms with Crippen molar-refractivity contribution < 1.29 is 14.0 Å². The van der Waals surface area contributed by atoms with E-state index in [1.165, 1.54) is 29.5 Å². The molecule has 0 unspecified atom stereocenters. The maximum Gasteiger partial charge on any atom is 0.180 e. The highest BCUT2D eigenvalue weighted by Crippen LogP contribution is 2.14. The number of Topliss-reactive ketones (excluding diaryl/α,β-unsaturated/α-hetero) is 2. The molecule has 86 valence electrons. The van der Waals surface area contributed by atoms with E-state index in [0.717, 1.165) is 6.07 Å². The molecule has 0 fully saturated rings. The average molecular weight is 248 g/mol. The zero-order valence-electron chi connectivity index (χ0n) is 8.85. The molecule has 0 aliphatic carbocycles. The highest BCUT2D eigenvalue weighted by atomic mass is 32.1. The molecule has 2 rings (SSSR count). The van der Waals surface area contributed by atoms with Crippen LogP contribution in [0, 0.1) is 5.82 Å². The Kier molecular flexibility index (Phi) is 3.44. The van der Waals surface area contributed by atoms with Gasteiger partial charge >= 0.3 is 0 Å². The molecule has 1 aromatic carbocycles. The fourth-order valence-corrected chi connectivity index (χ4v) is 2.10. The summed E-state index contributed by atoms with van der Waals surface area (Å²) in [5, 5.41) is 1.78. The van der Waals surface area contributed by atoms with Gasteiger partial charge in [-0.2, -0.15) is 0 Å². The van der Waals surface area contributed by atoms with Gasteiger partial charge in [0.05, 0.1) is 11.3 Å². The first kappa shape index (κ1) is 11.7. The largest absolute Gasteiger partial charge is 0.294 e. The minimum atomic E-state index is -0.473. The summed E-state index contributed by atoms with van der Waals surface area (Å²) >= 11 is 1.30. The summed E-state index contributed by atoms with van der Waals surface area (Å²) in [6, 6.07) is 8.80. The van der Waals surface area contributed by atoms with Crippen LogP contribution in [-0.2, 0) is 0 Å². The monoisotopic (exact) mass is 248 g/mol. The summed E-state index contributed by atoms with van der Waals surface area (Å²) in [7, 11) is 0. The Morgan fingerprint density at radius 3 is 2.59 bits per heavy atom. The number of benzene rings is 1. The smallest absolute Gasteiger partial charge is 0.180 e. The standard InChI is InChI=1S/C13H9FO2S/c14-10-4-1-3-9(7-10)11(15)8-12(16)13-5-2-6-17-13/h1-7H,8H2. The molecule has 17 heavy (non-hydrogen) atoms. The van der Waals surface area contributed by atoms with Crippen LogP contribution >= 0.6 is 11.3 Å². The molecule has 0 atom stereocenters. The average Bonchev–Trinajstić information content (AvgIpc) is 2.82. The van der Waals surface area contributed by atoms with Gasteiger partial charge in [0.2, 0.25) is 0 Å². The van der Waals surface area contributed by atoms with Gasteiger partial charge in [-0.3, -0.25) is 9.59 Å². The highest BCUT2D eigenvalue weighted by molar-refractivity contribution is 7.12. The third-order valence-electron chi connectivity index (χ3n) is 2.26. The van der Waals surface area contributed by atoms with Crippen molar-refractivity contribution in [2.75, 3.05) is 0 Å². The first-order valence-electron chi connectivity index (χ1n) is 5.02. The van der Waals surface area contributed by atoms with Gasteiger partial charge in [-0.15, -0.1) is 11.3 Å². The number of hydrogen-bond donors (Lipinski definition) is 0. The molecule has 1 aromatic heterocycles. The number of hydrogen-bond acceptors (Lipinski definition) is 3. The predicted octanol–water partition coefficient (Wildman–Crippen LogP) is 3.34. The van der Waals surface area contributed by atoms with Crippen molar-refractivity contribution in [1.82, 2.24) is 0 Å². The fraction of sp³-hybridized carbons (Fsp3) is 0.0769. The van der Waals surface area contributed by atoms with E-state index in [9.17, 15) is 14.0 Å². The van der Waals surface area contributed by atoms with Crippen LogP contribution in [0.15, 0.2) is 41.8 Å². The predicted molar refractivity (Wildman–Crippen MR) is 64.0 cm³/mol.